The van der Waals surface area contributed by atoms with Gasteiger partial charge in [0.05, 0.1) is 6.61 Å². The predicted molar refractivity (Wildman–Crippen MR) is 163 cm³/mol. The van der Waals surface area contributed by atoms with E-state index >= 15 is 0 Å². The van der Waals surface area contributed by atoms with E-state index in [-0.39, 0.29) is 24.7 Å². The summed E-state index contributed by atoms with van der Waals surface area (Å²) in [5, 5.41) is 10.1. The molecule has 0 bridgehead atoms. The fourth-order valence-electron chi connectivity index (χ4n) is 5.62. The van der Waals surface area contributed by atoms with Gasteiger partial charge < -0.3 is 23.7 Å². The molecule has 0 aliphatic carbocycles. The molecule has 0 spiro atoms. The van der Waals surface area contributed by atoms with Crippen LogP contribution in [0.1, 0.15) is 120 Å². The Balaban J connectivity index is 1.34. The summed E-state index contributed by atoms with van der Waals surface area (Å²) in [6, 6.07) is 12.2. The summed E-state index contributed by atoms with van der Waals surface area (Å²) >= 11 is 0. The van der Waals surface area contributed by atoms with Crippen molar-refractivity contribution in [2.45, 2.75) is 122 Å². The molecule has 0 saturated carbocycles. The van der Waals surface area contributed by atoms with Gasteiger partial charge in [0.15, 0.2) is 0 Å². The maximum Gasteiger partial charge on any atom is 0.413 e. The summed E-state index contributed by atoms with van der Waals surface area (Å²) in [6.07, 6.45) is 14.0. The summed E-state index contributed by atoms with van der Waals surface area (Å²) < 4.78 is 21.7. The number of ether oxygens (including phenoxy) is 3. The van der Waals surface area contributed by atoms with Crippen molar-refractivity contribution in [3.05, 3.63) is 53.8 Å². The summed E-state index contributed by atoms with van der Waals surface area (Å²) in [7, 11) is 0. The van der Waals surface area contributed by atoms with Crippen LogP contribution in [0.5, 0.6) is 5.95 Å². The van der Waals surface area contributed by atoms with Crippen LogP contribution in [0.4, 0.5) is 4.79 Å². The maximum atomic E-state index is 13.0. The Labute approximate surface area is 255 Å². The number of carboxylic acids is 1. The Morgan fingerprint density at radius 3 is 2.14 bits per heavy atom. The smallest absolute Gasteiger partial charge is 0.413 e. The first-order chi connectivity index (χ1) is 20.9. The molecular formula is C34H49NO8. The molecule has 2 atom stereocenters. The Morgan fingerprint density at radius 2 is 1.51 bits per heavy atom. The number of nitrogens with zero attached hydrogens (tertiary/aromatic N) is 1. The van der Waals surface area contributed by atoms with E-state index in [1.165, 1.54) is 82.1 Å². The van der Waals surface area contributed by atoms with Gasteiger partial charge in [-0.2, -0.15) is 0 Å². The number of furan rings is 1. The van der Waals surface area contributed by atoms with Crippen molar-refractivity contribution >= 4 is 18.0 Å². The first kappa shape index (κ1) is 34.0. The van der Waals surface area contributed by atoms with E-state index in [0.717, 1.165) is 18.4 Å². The number of rotatable bonds is 20. The fourth-order valence-corrected chi connectivity index (χ4v) is 5.62. The van der Waals surface area contributed by atoms with Crippen LogP contribution in [0.2, 0.25) is 0 Å². The highest BCUT2D eigenvalue weighted by molar-refractivity contribution is 5.87. The molecule has 1 fully saturated rings. The van der Waals surface area contributed by atoms with E-state index in [9.17, 15) is 19.5 Å². The molecule has 1 aromatic carbocycles. The molecule has 3 rings (SSSR count). The molecule has 2 aromatic rings. The lowest BCUT2D eigenvalue weighted by Crippen LogP contribution is -2.55. The minimum Gasteiger partial charge on any atom is -0.479 e. The van der Waals surface area contributed by atoms with Crippen LogP contribution in [0.25, 0.3) is 0 Å². The van der Waals surface area contributed by atoms with Crippen LogP contribution in [-0.4, -0.2) is 53.0 Å². The van der Waals surface area contributed by atoms with Crippen molar-refractivity contribution < 1.29 is 38.1 Å². The van der Waals surface area contributed by atoms with E-state index in [1.54, 1.807) is 6.07 Å². The average molecular weight is 600 g/mol. The number of hydrogen-bond acceptors (Lipinski definition) is 7. The van der Waals surface area contributed by atoms with E-state index in [1.807, 2.05) is 30.3 Å². The zero-order valence-electron chi connectivity index (χ0n) is 25.9. The van der Waals surface area contributed by atoms with Crippen molar-refractivity contribution in [2.75, 3.05) is 13.2 Å². The minimum atomic E-state index is -1.43. The Kier molecular flexibility index (Phi) is 14.4. The molecule has 0 radical (unpaired) electrons. The van der Waals surface area contributed by atoms with Crippen molar-refractivity contribution in [1.29, 1.82) is 0 Å². The summed E-state index contributed by atoms with van der Waals surface area (Å²) in [6.45, 7) is 4.38. The standard InChI is InChI=1S/C34H49NO8/c1-3-4-5-6-7-8-9-10-11-12-13-17-25-40-30-22-21-29(43-30)31(36)41-27(2)42-33(39)35-24-18-23-34(35,32(37)38)26-28-19-15-14-16-20-28/h14-16,19-22,27H,3-13,17-18,23-26H2,1-2H3,(H,37,38). The van der Waals surface area contributed by atoms with Gasteiger partial charge in [-0.1, -0.05) is 108 Å². The van der Waals surface area contributed by atoms with Crippen molar-refractivity contribution in [3.63, 3.8) is 0 Å². The van der Waals surface area contributed by atoms with Gasteiger partial charge >= 0.3 is 18.0 Å². The van der Waals surface area contributed by atoms with Gasteiger partial charge in [0, 0.05) is 26.0 Å². The van der Waals surface area contributed by atoms with E-state index in [0.29, 0.717) is 19.4 Å². The van der Waals surface area contributed by atoms with E-state index in [2.05, 4.69) is 6.92 Å². The van der Waals surface area contributed by atoms with Crippen LogP contribution in [0, 0.1) is 0 Å². The minimum absolute atomic E-state index is 0.0716. The molecule has 1 saturated heterocycles. The van der Waals surface area contributed by atoms with Crippen molar-refractivity contribution in [2.24, 2.45) is 0 Å². The zero-order chi connectivity index (χ0) is 30.9. The first-order valence-corrected chi connectivity index (χ1v) is 16.0. The van der Waals surface area contributed by atoms with Crippen LogP contribution in [-0.2, 0) is 20.7 Å². The Bertz CT molecular complexity index is 1120. The zero-order valence-corrected chi connectivity index (χ0v) is 25.9. The van der Waals surface area contributed by atoms with Gasteiger partial charge in [0.2, 0.25) is 12.1 Å². The van der Waals surface area contributed by atoms with Gasteiger partial charge in [0.25, 0.3) is 5.95 Å². The molecule has 1 aliphatic rings. The van der Waals surface area contributed by atoms with E-state index < -0.39 is 29.9 Å². The van der Waals surface area contributed by atoms with Crippen molar-refractivity contribution in [1.82, 2.24) is 4.90 Å². The van der Waals surface area contributed by atoms with Crippen LogP contribution in [0.15, 0.2) is 46.9 Å². The summed E-state index contributed by atoms with van der Waals surface area (Å²) in [5.74, 6) is -1.75. The highest BCUT2D eigenvalue weighted by atomic mass is 16.7. The number of benzene rings is 1. The molecule has 43 heavy (non-hydrogen) atoms. The second-order valence-corrected chi connectivity index (χ2v) is 11.5. The first-order valence-electron chi connectivity index (χ1n) is 16.0. The monoisotopic (exact) mass is 599 g/mol. The molecule has 1 aliphatic heterocycles. The highest BCUT2D eigenvalue weighted by Crippen LogP contribution is 2.34. The SMILES string of the molecule is CCCCCCCCCCCCCCOc1ccc(C(=O)OC(C)OC(=O)N2CCCC2(Cc2ccccc2)C(=O)O)o1. The molecule has 2 heterocycles. The Morgan fingerprint density at radius 1 is 0.884 bits per heavy atom. The number of aliphatic carboxylic acids is 1. The second-order valence-electron chi connectivity index (χ2n) is 11.5. The number of likely N-dealkylation sites (tertiary alicyclic amines) is 1. The summed E-state index contributed by atoms with van der Waals surface area (Å²) in [4.78, 5) is 39.1. The lowest BCUT2D eigenvalue weighted by molar-refractivity contribution is -0.150. The van der Waals surface area contributed by atoms with Gasteiger partial charge in [-0.05, 0) is 30.9 Å². The van der Waals surface area contributed by atoms with Gasteiger partial charge in [-0.3, -0.25) is 4.90 Å². The number of hydrogen-bond donors (Lipinski definition) is 1. The normalized spacial score (nSPS) is 17.0. The summed E-state index contributed by atoms with van der Waals surface area (Å²) in [5.41, 5.74) is -0.623. The number of carboxylic acid groups (broad SMARTS) is 1. The molecule has 9 heteroatoms. The highest BCUT2D eigenvalue weighted by Gasteiger charge is 2.51. The fraction of sp³-hybridized carbons (Fsp3) is 0.618. The second kappa shape index (κ2) is 18.2. The van der Waals surface area contributed by atoms with Crippen LogP contribution in [0.3, 0.4) is 0 Å². The molecule has 238 valence electrons. The number of amides is 1. The van der Waals surface area contributed by atoms with Gasteiger partial charge in [0.1, 0.15) is 5.54 Å². The van der Waals surface area contributed by atoms with Crippen LogP contribution >= 0.6 is 0 Å². The molecule has 2 unspecified atom stereocenters. The predicted octanol–water partition coefficient (Wildman–Crippen LogP) is 8.16. The third kappa shape index (κ3) is 10.9. The van der Waals surface area contributed by atoms with Gasteiger partial charge in [-0.25, -0.2) is 14.4 Å². The Hall–Kier alpha value is -3.49. The lowest BCUT2D eigenvalue weighted by Gasteiger charge is -2.34. The number of esters is 1. The maximum absolute atomic E-state index is 13.0. The third-order valence-corrected chi connectivity index (χ3v) is 8.01. The molecule has 1 aromatic heterocycles. The third-order valence-electron chi connectivity index (χ3n) is 8.01. The van der Waals surface area contributed by atoms with E-state index in [4.69, 9.17) is 18.6 Å². The van der Waals surface area contributed by atoms with Gasteiger partial charge in [-0.15, -0.1) is 0 Å². The molecule has 1 amide bonds. The molecular weight excluding hydrogens is 550 g/mol. The number of unbranched alkanes of at least 4 members (excludes halogenated alkanes) is 11. The quantitative estimate of drug-likeness (QED) is 0.0921. The lowest BCUT2D eigenvalue weighted by atomic mass is 9.88. The van der Waals surface area contributed by atoms with Crippen LogP contribution < -0.4 is 4.74 Å². The number of carbonyl (C=O) groups is 3. The largest absolute Gasteiger partial charge is 0.479 e. The molecule has 1 N–H and O–H groups in total. The van der Waals surface area contributed by atoms with Crippen molar-refractivity contribution in [3.8, 4) is 5.95 Å². The average Bonchev–Trinajstić information content (AvgIpc) is 3.64. The molecule has 9 nitrogen and oxygen atoms in total. The topological polar surface area (TPSA) is 116 Å². The number of carbonyl (C=O) groups excluding carboxylic acids is 2.